The molecule has 3 N–H and O–H groups in total. The maximum absolute atomic E-state index is 12.6. The van der Waals surface area contributed by atoms with Gasteiger partial charge >= 0.3 is 12.1 Å². The number of carbonyl (C=O) groups is 1. The molecule has 1 amide bonds. The number of aliphatic hydroxyl groups is 1. The summed E-state index contributed by atoms with van der Waals surface area (Å²) in [6.45, 7) is -0.00505. The van der Waals surface area contributed by atoms with Gasteiger partial charge in [0.15, 0.2) is 0 Å². The number of aliphatic hydroxyl groups excluding tert-OH is 1. The van der Waals surface area contributed by atoms with Crippen molar-refractivity contribution in [2.75, 3.05) is 20.3 Å². The first kappa shape index (κ1) is 16.6. The van der Waals surface area contributed by atoms with Crippen LogP contribution in [0.1, 0.15) is 17.5 Å². The quantitative estimate of drug-likeness (QED) is 0.776. The SMILES string of the molecule is COc1ccc2c(c1)CCN[C@]2(CCO)NC(=O)C(F)(F)F. The Hall–Kier alpha value is -1.80. The Morgan fingerprint density at radius 2 is 2.23 bits per heavy atom. The summed E-state index contributed by atoms with van der Waals surface area (Å²) in [5.74, 6) is -1.46. The Morgan fingerprint density at radius 3 is 2.82 bits per heavy atom. The van der Waals surface area contributed by atoms with Crippen LogP contribution in [0.25, 0.3) is 0 Å². The fraction of sp³-hybridized carbons (Fsp3) is 0.500. The fourth-order valence-electron chi connectivity index (χ4n) is 2.66. The molecule has 22 heavy (non-hydrogen) atoms. The van der Waals surface area contributed by atoms with Gasteiger partial charge in [0, 0.05) is 19.6 Å². The van der Waals surface area contributed by atoms with Crippen LogP contribution in [0.2, 0.25) is 0 Å². The molecule has 0 radical (unpaired) electrons. The number of methoxy groups -OCH3 is 1. The molecule has 1 heterocycles. The van der Waals surface area contributed by atoms with Gasteiger partial charge in [0.05, 0.1) is 7.11 Å². The van der Waals surface area contributed by atoms with E-state index in [1.807, 2.05) is 5.32 Å². The second kappa shape index (κ2) is 6.13. The highest BCUT2D eigenvalue weighted by Crippen LogP contribution is 2.33. The van der Waals surface area contributed by atoms with Crippen molar-refractivity contribution in [2.24, 2.45) is 0 Å². The van der Waals surface area contributed by atoms with Gasteiger partial charge in [-0.05, 0) is 29.7 Å². The first-order valence-electron chi connectivity index (χ1n) is 6.75. The van der Waals surface area contributed by atoms with Gasteiger partial charge in [-0.2, -0.15) is 13.2 Å². The highest BCUT2D eigenvalue weighted by Gasteiger charge is 2.46. The molecular formula is C14H17F3N2O3. The van der Waals surface area contributed by atoms with Crippen molar-refractivity contribution in [3.8, 4) is 5.75 Å². The van der Waals surface area contributed by atoms with E-state index in [0.717, 1.165) is 5.56 Å². The topological polar surface area (TPSA) is 70.6 Å². The fourth-order valence-corrected chi connectivity index (χ4v) is 2.66. The molecule has 1 aliphatic heterocycles. The number of amides is 1. The molecule has 1 aromatic rings. The maximum Gasteiger partial charge on any atom is 0.471 e. The van der Waals surface area contributed by atoms with Gasteiger partial charge < -0.3 is 15.2 Å². The number of rotatable bonds is 4. The monoisotopic (exact) mass is 318 g/mol. The van der Waals surface area contributed by atoms with E-state index in [1.54, 1.807) is 18.2 Å². The molecule has 1 aromatic carbocycles. The Balaban J connectivity index is 2.42. The zero-order chi connectivity index (χ0) is 16.4. The zero-order valence-corrected chi connectivity index (χ0v) is 12.0. The molecular weight excluding hydrogens is 301 g/mol. The number of halogens is 3. The molecule has 0 bridgehead atoms. The molecule has 0 fully saturated rings. The summed E-state index contributed by atoms with van der Waals surface area (Å²) in [5.41, 5.74) is -0.165. The summed E-state index contributed by atoms with van der Waals surface area (Å²) in [6.07, 6.45) is -4.48. The van der Waals surface area contributed by atoms with Gasteiger partial charge in [0.25, 0.3) is 0 Å². The van der Waals surface area contributed by atoms with E-state index in [0.29, 0.717) is 24.3 Å². The van der Waals surface area contributed by atoms with Crippen LogP contribution in [0, 0.1) is 0 Å². The number of hydrogen-bond donors (Lipinski definition) is 3. The van der Waals surface area contributed by atoms with Crippen molar-refractivity contribution >= 4 is 5.91 Å². The summed E-state index contributed by atoms with van der Waals surface area (Å²) >= 11 is 0. The van der Waals surface area contributed by atoms with Crippen LogP contribution in [0.4, 0.5) is 13.2 Å². The summed E-state index contributed by atoms with van der Waals surface area (Å²) in [7, 11) is 1.50. The predicted octanol–water partition coefficient (Wildman–Crippen LogP) is 1.05. The zero-order valence-electron chi connectivity index (χ0n) is 12.0. The molecule has 0 aromatic heterocycles. The highest BCUT2D eigenvalue weighted by molar-refractivity contribution is 5.82. The van der Waals surface area contributed by atoms with Gasteiger partial charge in [-0.1, -0.05) is 6.07 Å². The third kappa shape index (κ3) is 3.17. The third-order valence-electron chi connectivity index (χ3n) is 3.66. The lowest BCUT2D eigenvalue weighted by atomic mass is 9.86. The van der Waals surface area contributed by atoms with E-state index >= 15 is 0 Å². The third-order valence-corrected chi connectivity index (χ3v) is 3.66. The Bertz CT molecular complexity index is 563. The first-order chi connectivity index (χ1) is 10.3. The van der Waals surface area contributed by atoms with Crippen LogP contribution >= 0.6 is 0 Å². The lowest BCUT2D eigenvalue weighted by Gasteiger charge is -2.40. The molecule has 0 spiro atoms. The van der Waals surface area contributed by atoms with Crippen molar-refractivity contribution < 1.29 is 27.8 Å². The van der Waals surface area contributed by atoms with E-state index in [1.165, 1.54) is 7.11 Å². The van der Waals surface area contributed by atoms with Crippen LogP contribution in [-0.4, -0.2) is 37.5 Å². The van der Waals surface area contributed by atoms with E-state index < -0.39 is 17.7 Å². The minimum absolute atomic E-state index is 0.0752. The summed E-state index contributed by atoms with van der Waals surface area (Å²) < 4.78 is 42.9. The summed E-state index contributed by atoms with van der Waals surface area (Å²) in [6, 6.07) is 4.94. The van der Waals surface area contributed by atoms with Crippen LogP contribution in [0.5, 0.6) is 5.75 Å². The number of nitrogens with one attached hydrogen (secondary N) is 2. The number of hydrogen-bond acceptors (Lipinski definition) is 4. The van der Waals surface area contributed by atoms with Crippen molar-refractivity contribution in [1.29, 1.82) is 0 Å². The number of carbonyl (C=O) groups excluding carboxylic acids is 1. The molecule has 8 heteroatoms. The van der Waals surface area contributed by atoms with Crippen molar-refractivity contribution in [3.05, 3.63) is 29.3 Å². The van der Waals surface area contributed by atoms with Gasteiger partial charge in [0.1, 0.15) is 11.4 Å². The minimum atomic E-state index is -4.99. The predicted molar refractivity (Wildman–Crippen MR) is 72.3 cm³/mol. The van der Waals surface area contributed by atoms with Gasteiger partial charge in [-0.25, -0.2) is 0 Å². The number of alkyl halides is 3. The molecule has 122 valence electrons. The molecule has 1 aliphatic rings. The number of benzene rings is 1. The molecule has 5 nitrogen and oxygen atoms in total. The van der Waals surface area contributed by atoms with E-state index in [9.17, 15) is 23.1 Å². The molecule has 0 saturated carbocycles. The minimum Gasteiger partial charge on any atom is -0.497 e. The molecule has 0 aliphatic carbocycles. The Kier molecular flexibility index (Phi) is 4.62. The van der Waals surface area contributed by atoms with Crippen LogP contribution in [0.15, 0.2) is 18.2 Å². The van der Waals surface area contributed by atoms with Gasteiger partial charge in [-0.3, -0.25) is 10.1 Å². The molecule has 0 saturated heterocycles. The Morgan fingerprint density at radius 1 is 1.50 bits per heavy atom. The largest absolute Gasteiger partial charge is 0.497 e. The van der Waals surface area contributed by atoms with Crippen LogP contribution in [0.3, 0.4) is 0 Å². The van der Waals surface area contributed by atoms with Crippen LogP contribution in [-0.2, 0) is 16.9 Å². The lowest BCUT2D eigenvalue weighted by molar-refractivity contribution is -0.176. The number of ether oxygens (including phenoxy) is 1. The van der Waals surface area contributed by atoms with Crippen molar-refractivity contribution in [1.82, 2.24) is 10.6 Å². The smallest absolute Gasteiger partial charge is 0.471 e. The summed E-state index contributed by atoms with van der Waals surface area (Å²) in [5, 5.41) is 14.1. The first-order valence-corrected chi connectivity index (χ1v) is 6.75. The maximum atomic E-state index is 12.6. The average Bonchev–Trinajstić information content (AvgIpc) is 2.46. The van der Waals surface area contributed by atoms with Gasteiger partial charge in [0.2, 0.25) is 0 Å². The second-order valence-electron chi connectivity index (χ2n) is 5.03. The second-order valence-corrected chi connectivity index (χ2v) is 5.03. The molecule has 1 atom stereocenters. The Labute approximate surface area is 125 Å². The standard InChI is InChI=1S/C14H17F3N2O3/c1-22-10-2-3-11-9(8-10)4-6-18-13(11,5-7-20)19-12(21)14(15,16)17/h2-3,8,18,20H,4-7H2,1H3,(H,19,21)/t13-/m1/s1. The molecule has 0 unspecified atom stereocenters. The van der Waals surface area contributed by atoms with E-state index in [2.05, 4.69) is 5.32 Å². The van der Waals surface area contributed by atoms with Crippen molar-refractivity contribution in [2.45, 2.75) is 24.7 Å². The van der Waals surface area contributed by atoms with Crippen LogP contribution < -0.4 is 15.4 Å². The molecule has 2 rings (SSSR count). The number of fused-ring (bicyclic) bond motifs is 1. The highest BCUT2D eigenvalue weighted by atomic mass is 19.4. The summed E-state index contributed by atoms with van der Waals surface area (Å²) in [4.78, 5) is 11.4. The average molecular weight is 318 g/mol. The normalized spacial score (nSPS) is 21.1. The van der Waals surface area contributed by atoms with E-state index in [-0.39, 0.29) is 13.0 Å². The van der Waals surface area contributed by atoms with E-state index in [4.69, 9.17) is 4.74 Å². The van der Waals surface area contributed by atoms with Crippen molar-refractivity contribution in [3.63, 3.8) is 0 Å². The van der Waals surface area contributed by atoms with Gasteiger partial charge in [-0.15, -0.1) is 0 Å². The lowest BCUT2D eigenvalue weighted by Crippen LogP contribution is -2.61.